The first-order valence-corrected chi connectivity index (χ1v) is 8.07. The molecule has 3 aromatic rings. The van der Waals surface area contributed by atoms with E-state index >= 15 is 0 Å². The molecule has 0 aliphatic carbocycles. The SMILES string of the molecule is CCNCc1c(Sc2ccc(Cl)cc2)nc2ccccn12. The maximum absolute atomic E-state index is 5.94. The third-order valence-electron chi connectivity index (χ3n) is 3.16. The summed E-state index contributed by atoms with van der Waals surface area (Å²) in [5.74, 6) is 0. The second kappa shape index (κ2) is 6.52. The van der Waals surface area contributed by atoms with Crippen LogP contribution >= 0.6 is 23.4 Å². The molecule has 5 heteroatoms. The summed E-state index contributed by atoms with van der Waals surface area (Å²) in [7, 11) is 0. The summed E-state index contributed by atoms with van der Waals surface area (Å²) >= 11 is 7.61. The maximum atomic E-state index is 5.94. The summed E-state index contributed by atoms with van der Waals surface area (Å²) in [6, 6.07) is 13.9. The summed E-state index contributed by atoms with van der Waals surface area (Å²) in [6.45, 7) is 3.85. The van der Waals surface area contributed by atoms with E-state index in [4.69, 9.17) is 16.6 Å². The Morgan fingerprint density at radius 3 is 2.76 bits per heavy atom. The molecule has 1 N–H and O–H groups in total. The van der Waals surface area contributed by atoms with Crippen LogP contribution in [0, 0.1) is 0 Å². The van der Waals surface area contributed by atoms with Gasteiger partial charge in [-0.1, -0.05) is 36.4 Å². The molecule has 0 unspecified atom stereocenters. The van der Waals surface area contributed by atoms with Crippen LogP contribution in [0.5, 0.6) is 0 Å². The Bertz CT molecular complexity index is 737. The minimum absolute atomic E-state index is 0.752. The molecule has 0 bridgehead atoms. The van der Waals surface area contributed by atoms with Gasteiger partial charge in [0.2, 0.25) is 0 Å². The summed E-state index contributed by atoms with van der Waals surface area (Å²) in [6.07, 6.45) is 2.06. The third-order valence-corrected chi connectivity index (χ3v) is 4.44. The average Bonchev–Trinajstić information content (AvgIpc) is 2.85. The van der Waals surface area contributed by atoms with Gasteiger partial charge in [-0.2, -0.15) is 0 Å². The third kappa shape index (κ3) is 3.23. The number of fused-ring (bicyclic) bond motifs is 1. The van der Waals surface area contributed by atoms with E-state index in [-0.39, 0.29) is 0 Å². The molecule has 0 aliphatic rings. The van der Waals surface area contributed by atoms with E-state index in [9.17, 15) is 0 Å². The number of imidazole rings is 1. The zero-order valence-corrected chi connectivity index (χ0v) is 13.3. The van der Waals surface area contributed by atoms with E-state index in [1.54, 1.807) is 11.8 Å². The molecule has 0 atom stereocenters. The molecular formula is C16H16ClN3S. The van der Waals surface area contributed by atoms with Crippen LogP contribution in [0.4, 0.5) is 0 Å². The van der Waals surface area contributed by atoms with Crippen LogP contribution in [-0.4, -0.2) is 15.9 Å². The van der Waals surface area contributed by atoms with Crippen molar-refractivity contribution in [1.29, 1.82) is 0 Å². The molecule has 0 saturated heterocycles. The van der Waals surface area contributed by atoms with Gasteiger partial charge < -0.3 is 9.72 Å². The van der Waals surface area contributed by atoms with Crippen molar-refractivity contribution >= 4 is 29.0 Å². The topological polar surface area (TPSA) is 29.3 Å². The Hall–Kier alpha value is -1.49. The molecule has 2 heterocycles. The second-order valence-electron chi connectivity index (χ2n) is 4.63. The molecule has 1 aromatic carbocycles. The summed E-state index contributed by atoms with van der Waals surface area (Å²) in [4.78, 5) is 5.88. The van der Waals surface area contributed by atoms with Gasteiger partial charge >= 0.3 is 0 Å². The van der Waals surface area contributed by atoms with Crippen molar-refractivity contribution in [3.05, 3.63) is 59.4 Å². The van der Waals surface area contributed by atoms with Crippen LogP contribution < -0.4 is 5.32 Å². The van der Waals surface area contributed by atoms with Crippen LogP contribution in [0.25, 0.3) is 5.65 Å². The van der Waals surface area contributed by atoms with E-state index in [2.05, 4.69) is 22.8 Å². The smallest absolute Gasteiger partial charge is 0.138 e. The van der Waals surface area contributed by atoms with E-state index in [0.29, 0.717) is 0 Å². The van der Waals surface area contributed by atoms with Gasteiger partial charge in [0.15, 0.2) is 0 Å². The lowest BCUT2D eigenvalue weighted by Gasteiger charge is -2.05. The van der Waals surface area contributed by atoms with Crippen LogP contribution in [-0.2, 0) is 6.54 Å². The fraction of sp³-hybridized carbons (Fsp3) is 0.188. The molecule has 0 amide bonds. The number of halogens is 1. The van der Waals surface area contributed by atoms with Gasteiger partial charge in [-0.15, -0.1) is 0 Å². The van der Waals surface area contributed by atoms with Gasteiger partial charge in [-0.3, -0.25) is 0 Å². The molecule has 0 saturated carbocycles. The molecular weight excluding hydrogens is 302 g/mol. The normalized spacial score (nSPS) is 11.1. The van der Waals surface area contributed by atoms with E-state index in [1.807, 2.05) is 42.5 Å². The van der Waals surface area contributed by atoms with Gasteiger partial charge in [-0.05, 0) is 42.9 Å². The zero-order chi connectivity index (χ0) is 14.7. The van der Waals surface area contributed by atoms with Crippen LogP contribution in [0.2, 0.25) is 5.02 Å². The largest absolute Gasteiger partial charge is 0.311 e. The molecule has 3 rings (SSSR count). The lowest BCUT2D eigenvalue weighted by molar-refractivity contribution is 0.694. The highest BCUT2D eigenvalue weighted by Gasteiger charge is 2.12. The first-order valence-electron chi connectivity index (χ1n) is 6.88. The Morgan fingerprint density at radius 1 is 1.19 bits per heavy atom. The van der Waals surface area contributed by atoms with Crippen molar-refractivity contribution in [2.24, 2.45) is 0 Å². The van der Waals surface area contributed by atoms with E-state index in [1.165, 1.54) is 5.69 Å². The van der Waals surface area contributed by atoms with E-state index in [0.717, 1.165) is 33.7 Å². The number of pyridine rings is 1. The maximum Gasteiger partial charge on any atom is 0.138 e. The van der Waals surface area contributed by atoms with Crippen molar-refractivity contribution in [2.75, 3.05) is 6.54 Å². The summed E-state index contributed by atoms with van der Waals surface area (Å²) in [5.41, 5.74) is 2.16. The van der Waals surface area contributed by atoms with Crippen LogP contribution in [0.3, 0.4) is 0 Å². The Kier molecular flexibility index (Phi) is 4.48. The minimum Gasteiger partial charge on any atom is -0.311 e. The van der Waals surface area contributed by atoms with Crippen molar-refractivity contribution < 1.29 is 0 Å². The Morgan fingerprint density at radius 2 is 2.00 bits per heavy atom. The number of benzene rings is 1. The van der Waals surface area contributed by atoms with Crippen molar-refractivity contribution in [3.63, 3.8) is 0 Å². The zero-order valence-electron chi connectivity index (χ0n) is 11.7. The number of aromatic nitrogens is 2. The lowest BCUT2D eigenvalue weighted by Crippen LogP contribution is -2.13. The Labute approximate surface area is 133 Å². The predicted molar refractivity (Wildman–Crippen MR) is 88.1 cm³/mol. The number of hydrogen-bond donors (Lipinski definition) is 1. The number of rotatable bonds is 5. The highest BCUT2D eigenvalue weighted by atomic mass is 35.5. The quantitative estimate of drug-likeness (QED) is 0.763. The number of hydrogen-bond acceptors (Lipinski definition) is 3. The van der Waals surface area contributed by atoms with Crippen LogP contribution in [0.15, 0.2) is 58.6 Å². The fourth-order valence-corrected chi connectivity index (χ4v) is 3.17. The lowest BCUT2D eigenvalue weighted by atomic mass is 10.4. The predicted octanol–water partition coefficient (Wildman–Crippen LogP) is 4.25. The van der Waals surface area contributed by atoms with Crippen molar-refractivity contribution in [2.45, 2.75) is 23.4 Å². The highest BCUT2D eigenvalue weighted by Crippen LogP contribution is 2.31. The molecule has 21 heavy (non-hydrogen) atoms. The monoisotopic (exact) mass is 317 g/mol. The van der Waals surface area contributed by atoms with Gasteiger partial charge in [0, 0.05) is 22.7 Å². The van der Waals surface area contributed by atoms with E-state index < -0.39 is 0 Å². The van der Waals surface area contributed by atoms with Crippen LogP contribution in [0.1, 0.15) is 12.6 Å². The molecule has 0 spiro atoms. The van der Waals surface area contributed by atoms with Gasteiger partial charge in [-0.25, -0.2) is 4.98 Å². The summed E-state index contributed by atoms with van der Waals surface area (Å²) < 4.78 is 2.14. The first kappa shape index (κ1) is 14.4. The Balaban J connectivity index is 1.97. The second-order valence-corrected chi connectivity index (χ2v) is 6.13. The van der Waals surface area contributed by atoms with Gasteiger partial charge in [0.05, 0.1) is 5.69 Å². The molecule has 3 nitrogen and oxygen atoms in total. The molecule has 0 aliphatic heterocycles. The number of nitrogens with zero attached hydrogens (tertiary/aromatic N) is 2. The first-order chi connectivity index (χ1) is 10.3. The average molecular weight is 318 g/mol. The highest BCUT2D eigenvalue weighted by molar-refractivity contribution is 7.99. The fourth-order valence-electron chi connectivity index (χ4n) is 2.13. The summed E-state index contributed by atoms with van der Waals surface area (Å²) in [5, 5.41) is 5.17. The van der Waals surface area contributed by atoms with Crippen molar-refractivity contribution in [1.82, 2.24) is 14.7 Å². The van der Waals surface area contributed by atoms with Gasteiger partial charge in [0.1, 0.15) is 10.7 Å². The molecule has 2 aromatic heterocycles. The number of nitrogens with one attached hydrogen (secondary N) is 1. The minimum atomic E-state index is 0.752. The molecule has 108 valence electrons. The van der Waals surface area contributed by atoms with Crippen molar-refractivity contribution in [3.8, 4) is 0 Å². The molecule has 0 fully saturated rings. The van der Waals surface area contributed by atoms with Gasteiger partial charge in [0.25, 0.3) is 0 Å². The standard InChI is InChI=1S/C16H16ClN3S/c1-2-18-11-14-16(19-15-5-3-4-10-20(14)15)21-13-8-6-12(17)7-9-13/h3-10,18H,2,11H2,1H3. The molecule has 0 radical (unpaired) electrons.